The van der Waals surface area contributed by atoms with Gasteiger partial charge in [0.2, 0.25) is 5.36 Å². The van der Waals surface area contributed by atoms with Gasteiger partial charge in [-0.25, -0.2) is 9.56 Å². The quantitative estimate of drug-likeness (QED) is 0.435. The molecule has 9 heteroatoms. The normalized spacial score (nSPS) is 16.6. The van der Waals surface area contributed by atoms with Gasteiger partial charge in [-0.05, 0) is 31.0 Å². The largest absolute Gasteiger partial charge is 0.542 e. The van der Waals surface area contributed by atoms with Crippen LogP contribution in [0.25, 0.3) is 22.6 Å². The summed E-state index contributed by atoms with van der Waals surface area (Å²) in [6.45, 7) is 4.58. The first-order valence-electron chi connectivity index (χ1n) is 10.3. The molecule has 1 aliphatic carbocycles. The highest BCUT2D eigenvalue weighted by Gasteiger charge is 2.28. The van der Waals surface area contributed by atoms with E-state index in [1.807, 2.05) is 0 Å². The molecule has 31 heavy (non-hydrogen) atoms. The van der Waals surface area contributed by atoms with Crippen LogP contribution in [0.4, 0.5) is 18.9 Å². The fraction of sp³-hybridized carbons (Fsp3) is 0.409. The summed E-state index contributed by atoms with van der Waals surface area (Å²) in [7, 11) is 0. The second-order valence-electron chi connectivity index (χ2n) is 7.69. The smallest absolute Gasteiger partial charge is 0.430 e. The molecule has 2 fully saturated rings. The van der Waals surface area contributed by atoms with Crippen LogP contribution in [0, 0.1) is 0 Å². The molecule has 1 aromatic carbocycles. The number of fused-ring (bicyclic) bond motifs is 2. The minimum atomic E-state index is -5.19. The maximum absolute atomic E-state index is 10.5. The van der Waals surface area contributed by atoms with E-state index >= 15 is 0 Å². The van der Waals surface area contributed by atoms with Crippen molar-refractivity contribution in [3.8, 4) is 11.5 Å². The molecule has 4 aliphatic rings. The van der Waals surface area contributed by atoms with Gasteiger partial charge in [0.1, 0.15) is 30.3 Å². The van der Waals surface area contributed by atoms with Gasteiger partial charge in [-0.2, -0.15) is 13.2 Å². The Kier molecular flexibility index (Phi) is 5.84. The summed E-state index contributed by atoms with van der Waals surface area (Å²) in [5, 5.41) is 10.0. The Hall–Kier alpha value is -3.10. The number of alkyl halides is 3. The lowest BCUT2D eigenvalue weighted by Crippen LogP contribution is -2.37. The first kappa shape index (κ1) is 21.1. The molecule has 3 heterocycles. The van der Waals surface area contributed by atoms with E-state index in [0.29, 0.717) is 0 Å². The van der Waals surface area contributed by atoms with Crippen LogP contribution in [0.15, 0.2) is 40.8 Å². The molecule has 0 spiro atoms. The molecular weight excluding hydrogens is 411 g/mol. The molecule has 1 aromatic rings. The van der Waals surface area contributed by atoms with Crippen LogP contribution in [-0.2, 0) is 4.79 Å². The number of nitrogens with zero attached hydrogens (tertiary/aromatic N) is 3. The number of anilines is 1. The van der Waals surface area contributed by atoms with Gasteiger partial charge in [-0.15, -0.1) is 0 Å². The van der Waals surface area contributed by atoms with Crippen molar-refractivity contribution in [3.05, 3.63) is 41.8 Å². The minimum absolute atomic E-state index is 0.880. The number of aromatic nitrogens is 1. The maximum atomic E-state index is 10.5. The second kappa shape index (κ2) is 8.56. The van der Waals surface area contributed by atoms with Crippen LogP contribution in [0.1, 0.15) is 25.7 Å². The summed E-state index contributed by atoms with van der Waals surface area (Å²) >= 11 is 0. The third kappa shape index (κ3) is 4.81. The third-order valence-electron chi connectivity index (χ3n) is 5.52. The average molecular weight is 433 g/mol. The molecule has 2 saturated heterocycles. The molecule has 164 valence electrons. The van der Waals surface area contributed by atoms with Crippen molar-refractivity contribution in [2.24, 2.45) is 0 Å². The van der Waals surface area contributed by atoms with Crippen LogP contribution in [0.3, 0.4) is 0 Å². The molecule has 5 rings (SSSR count). The summed E-state index contributed by atoms with van der Waals surface area (Å²) in [5.41, 5.74) is 3.99. The topological polar surface area (TPSA) is 72.4 Å². The van der Waals surface area contributed by atoms with E-state index in [0.717, 1.165) is 48.7 Å². The predicted molar refractivity (Wildman–Crippen MR) is 107 cm³/mol. The number of hydrogen-bond acceptors (Lipinski definition) is 5. The fourth-order valence-corrected chi connectivity index (χ4v) is 3.95. The van der Waals surface area contributed by atoms with E-state index in [-0.39, 0.29) is 0 Å². The van der Waals surface area contributed by atoms with Crippen molar-refractivity contribution in [1.82, 2.24) is 9.56 Å². The van der Waals surface area contributed by atoms with E-state index in [9.17, 15) is 13.2 Å². The summed E-state index contributed by atoms with van der Waals surface area (Å²) < 4.78 is 40.2. The van der Waals surface area contributed by atoms with Gasteiger partial charge in [-0.1, -0.05) is 0 Å². The average Bonchev–Trinajstić information content (AvgIpc) is 3.45. The molecule has 6 nitrogen and oxygen atoms in total. The van der Waals surface area contributed by atoms with Crippen molar-refractivity contribution in [2.75, 3.05) is 31.1 Å². The maximum Gasteiger partial charge on any atom is 0.430 e. The van der Waals surface area contributed by atoms with Gasteiger partial charge in [0, 0.05) is 43.8 Å². The highest BCUT2D eigenvalue weighted by Crippen LogP contribution is 2.28. The van der Waals surface area contributed by atoms with Gasteiger partial charge in [0.15, 0.2) is 11.3 Å². The molecule has 0 unspecified atom stereocenters. The molecule has 0 saturated carbocycles. The van der Waals surface area contributed by atoms with Crippen LogP contribution in [0.5, 0.6) is 0 Å². The fourth-order valence-electron chi connectivity index (χ4n) is 3.95. The highest BCUT2D eigenvalue weighted by molar-refractivity contribution is 5.80. The summed E-state index contributed by atoms with van der Waals surface area (Å²) in [6.07, 6.45) is -0.0661. The van der Waals surface area contributed by atoms with Crippen LogP contribution >= 0.6 is 0 Å². The predicted octanol–water partition coefficient (Wildman–Crippen LogP) is 2.40. The van der Waals surface area contributed by atoms with E-state index in [2.05, 4.69) is 45.9 Å². The molecule has 0 N–H and O–H groups in total. The highest BCUT2D eigenvalue weighted by atomic mass is 19.4. The Morgan fingerprint density at radius 1 is 1.03 bits per heavy atom. The molecule has 0 aromatic heterocycles. The molecule has 0 amide bonds. The Morgan fingerprint density at radius 3 is 2.35 bits per heavy atom. The van der Waals surface area contributed by atoms with Crippen molar-refractivity contribution in [1.29, 1.82) is 0 Å². The van der Waals surface area contributed by atoms with Gasteiger partial charge >= 0.3 is 6.18 Å². The lowest BCUT2D eigenvalue weighted by atomic mass is 10.2. The molecular formula is C22H22F3N3O3. The molecule has 0 atom stereocenters. The first-order valence-corrected chi connectivity index (χ1v) is 10.3. The number of carboxylic acid groups (broad SMARTS) is 1. The Labute approximate surface area is 176 Å². The standard InChI is InChI=1S/C20H22N3O.C2HF3O2/c1-2-10-22(9-1)15-5-7-17-19(13-15)24-20-14-16(6-8-18(20)21-17)23-11-3-4-12-23;3-2(4,5)1(6)7/h5-8,13-14H,1-4,9-12H2;(H,6,7)/q+1;/p-1. The van der Waals surface area contributed by atoms with Gasteiger partial charge in [-0.3, -0.25) is 0 Å². The molecule has 0 radical (unpaired) electrons. The number of benzene rings is 2. The number of carbonyl (C=O) groups excluding carboxylic acids is 1. The second-order valence-corrected chi connectivity index (χ2v) is 7.69. The van der Waals surface area contributed by atoms with Gasteiger partial charge in [0.05, 0.1) is 6.07 Å². The summed E-state index contributed by atoms with van der Waals surface area (Å²) in [5.74, 6) is -2.13. The van der Waals surface area contributed by atoms with E-state index in [1.165, 1.54) is 36.7 Å². The molecule has 0 bridgehead atoms. The number of carboxylic acids is 1. The Balaban J connectivity index is 0.000000289. The van der Waals surface area contributed by atoms with Crippen molar-refractivity contribution < 1.29 is 27.5 Å². The van der Waals surface area contributed by atoms with Gasteiger partial charge in [0.25, 0.3) is 0 Å². The monoisotopic (exact) mass is 433 g/mol. The van der Waals surface area contributed by atoms with Crippen LogP contribution in [0.2, 0.25) is 0 Å². The minimum Gasteiger partial charge on any atom is -0.542 e. The molecule has 3 aliphatic heterocycles. The zero-order chi connectivity index (χ0) is 22.0. The number of halogens is 3. The summed E-state index contributed by atoms with van der Waals surface area (Å²) in [4.78, 5) is 16.0. The van der Waals surface area contributed by atoms with Crippen LogP contribution < -0.4 is 19.9 Å². The first-order chi connectivity index (χ1) is 14.8. The lowest BCUT2D eigenvalue weighted by molar-refractivity contribution is -0.344. The van der Waals surface area contributed by atoms with Crippen LogP contribution in [-0.4, -0.2) is 43.3 Å². The van der Waals surface area contributed by atoms with Crippen molar-refractivity contribution >= 4 is 22.8 Å². The van der Waals surface area contributed by atoms with E-state index in [4.69, 9.17) is 19.3 Å². The van der Waals surface area contributed by atoms with E-state index in [1.54, 1.807) is 0 Å². The van der Waals surface area contributed by atoms with Crippen molar-refractivity contribution in [3.63, 3.8) is 0 Å². The van der Waals surface area contributed by atoms with Gasteiger partial charge < -0.3 is 19.2 Å². The lowest BCUT2D eigenvalue weighted by Gasteiger charge is -2.17. The number of carbonyl (C=O) groups is 1. The Morgan fingerprint density at radius 2 is 1.71 bits per heavy atom. The number of hydrogen-bond donors (Lipinski definition) is 0. The Bertz CT molecular complexity index is 1130. The zero-order valence-electron chi connectivity index (χ0n) is 16.8. The van der Waals surface area contributed by atoms with E-state index < -0.39 is 12.1 Å². The third-order valence-corrected chi connectivity index (χ3v) is 5.52. The number of rotatable bonds is 1. The SMILES string of the molecule is O=C([O-])C(F)(F)F.c1cc2nc3ccc(=[N+]4CCCC4)cc-3oc2cc1N1CCCC1. The zero-order valence-corrected chi connectivity index (χ0v) is 16.8. The van der Waals surface area contributed by atoms with Crippen molar-refractivity contribution in [2.45, 2.75) is 31.9 Å². The summed E-state index contributed by atoms with van der Waals surface area (Å²) in [6, 6.07) is 12.8. The number of aliphatic carboxylic acids is 1.